The highest BCUT2D eigenvalue weighted by molar-refractivity contribution is 7.14. The quantitative estimate of drug-likeness (QED) is 0.793. The van der Waals surface area contributed by atoms with Crippen LogP contribution in [0.1, 0.15) is 34.0 Å². The number of fused-ring (bicyclic) bond motifs is 1. The van der Waals surface area contributed by atoms with E-state index < -0.39 is 0 Å². The van der Waals surface area contributed by atoms with Gasteiger partial charge in [0.2, 0.25) is 0 Å². The molecule has 1 aromatic carbocycles. The summed E-state index contributed by atoms with van der Waals surface area (Å²) >= 11 is 1.63. The molecule has 0 bridgehead atoms. The van der Waals surface area contributed by atoms with Crippen LogP contribution in [0, 0.1) is 0 Å². The number of Topliss-reactive ketones (excluding diaryl/α,β-unsaturated/α-hetero) is 1. The van der Waals surface area contributed by atoms with E-state index in [9.17, 15) is 4.79 Å². The van der Waals surface area contributed by atoms with Crippen molar-refractivity contribution < 1.29 is 4.79 Å². The van der Waals surface area contributed by atoms with Crippen LogP contribution in [0.5, 0.6) is 0 Å². The Bertz CT molecular complexity index is 631. The zero-order valence-corrected chi connectivity index (χ0v) is 12.7. The minimum Gasteiger partial charge on any atom is -0.361 e. The Balaban J connectivity index is 1.79. The van der Waals surface area contributed by atoms with Gasteiger partial charge < -0.3 is 4.90 Å². The molecule has 2 nitrogen and oxygen atoms in total. The Hall–Kier alpha value is -1.61. The zero-order chi connectivity index (χ0) is 14.1. The molecule has 0 saturated heterocycles. The van der Waals surface area contributed by atoms with Crippen molar-refractivity contribution in [1.29, 1.82) is 0 Å². The van der Waals surface area contributed by atoms with Gasteiger partial charge in [0.1, 0.15) is 0 Å². The first kappa shape index (κ1) is 13.4. The van der Waals surface area contributed by atoms with Crippen LogP contribution in [-0.2, 0) is 12.8 Å². The third-order valence-corrected chi connectivity index (χ3v) is 5.22. The molecule has 0 radical (unpaired) electrons. The standard InChI is InChI=1S/C17H19NOS/c1-3-14-8-9-17(20-14)16(19)11-18-12(2)10-13-6-4-5-7-15(13)18/h4-9,12H,3,10-11H2,1-2H3. The molecule has 1 unspecified atom stereocenters. The number of carbonyl (C=O) groups excluding carboxylic acids is 1. The van der Waals surface area contributed by atoms with E-state index in [0.29, 0.717) is 12.6 Å². The maximum atomic E-state index is 12.5. The Kier molecular flexibility index (Phi) is 3.62. The third-order valence-electron chi connectivity index (χ3n) is 3.95. The average Bonchev–Trinajstić information content (AvgIpc) is 3.04. The van der Waals surface area contributed by atoms with E-state index in [2.05, 4.69) is 49.1 Å². The monoisotopic (exact) mass is 285 g/mol. The number of hydrogen-bond acceptors (Lipinski definition) is 3. The second-order valence-corrected chi connectivity index (χ2v) is 6.52. The number of rotatable bonds is 4. The van der Waals surface area contributed by atoms with E-state index in [1.165, 1.54) is 16.1 Å². The lowest BCUT2D eigenvalue weighted by atomic mass is 10.1. The fraction of sp³-hybridized carbons (Fsp3) is 0.353. The van der Waals surface area contributed by atoms with Gasteiger partial charge in [-0.15, -0.1) is 11.3 Å². The second-order valence-electron chi connectivity index (χ2n) is 5.35. The van der Waals surface area contributed by atoms with Gasteiger partial charge >= 0.3 is 0 Å². The molecule has 3 rings (SSSR count). The van der Waals surface area contributed by atoms with Crippen LogP contribution in [0.15, 0.2) is 36.4 Å². The number of nitrogens with zero attached hydrogens (tertiary/aromatic N) is 1. The summed E-state index contributed by atoms with van der Waals surface area (Å²) in [6.45, 7) is 4.81. The molecule has 20 heavy (non-hydrogen) atoms. The van der Waals surface area contributed by atoms with Crippen molar-refractivity contribution in [3.05, 3.63) is 51.7 Å². The molecule has 0 spiro atoms. The van der Waals surface area contributed by atoms with E-state index in [1.54, 1.807) is 11.3 Å². The SMILES string of the molecule is CCc1ccc(C(=O)CN2c3ccccc3CC2C)s1. The lowest BCUT2D eigenvalue weighted by Gasteiger charge is -2.23. The van der Waals surface area contributed by atoms with Crippen LogP contribution in [0.2, 0.25) is 0 Å². The topological polar surface area (TPSA) is 20.3 Å². The van der Waals surface area contributed by atoms with Crippen LogP contribution >= 0.6 is 11.3 Å². The number of anilines is 1. The number of ketones is 1. The van der Waals surface area contributed by atoms with Gasteiger partial charge in [-0.2, -0.15) is 0 Å². The summed E-state index contributed by atoms with van der Waals surface area (Å²) in [5.41, 5.74) is 2.58. The van der Waals surface area contributed by atoms with Crippen molar-refractivity contribution in [2.75, 3.05) is 11.4 Å². The van der Waals surface area contributed by atoms with Crippen molar-refractivity contribution in [2.45, 2.75) is 32.7 Å². The molecule has 1 aliphatic heterocycles. The number of benzene rings is 1. The van der Waals surface area contributed by atoms with Crippen molar-refractivity contribution in [3.8, 4) is 0 Å². The summed E-state index contributed by atoms with van der Waals surface area (Å²) in [4.78, 5) is 16.9. The molecule has 2 heterocycles. The molecule has 1 atom stereocenters. The van der Waals surface area contributed by atoms with Crippen molar-refractivity contribution in [3.63, 3.8) is 0 Å². The molecule has 1 aromatic heterocycles. The maximum absolute atomic E-state index is 12.5. The molecular formula is C17H19NOS. The van der Waals surface area contributed by atoms with Crippen LogP contribution < -0.4 is 4.90 Å². The van der Waals surface area contributed by atoms with Crippen molar-refractivity contribution >= 4 is 22.8 Å². The molecule has 3 heteroatoms. The van der Waals surface area contributed by atoms with Gasteiger partial charge in [-0.3, -0.25) is 4.79 Å². The minimum absolute atomic E-state index is 0.234. The molecule has 0 fully saturated rings. The van der Waals surface area contributed by atoms with Crippen LogP contribution in [0.25, 0.3) is 0 Å². The summed E-state index contributed by atoms with van der Waals surface area (Å²) in [5.74, 6) is 0.234. The van der Waals surface area contributed by atoms with E-state index in [-0.39, 0.29) is 5.78 Å². The van der Waals surface area contributed by atoms with Gasteiger partial charge in [-0.1, -0.05) is 25.1 Å². The average molecular weight is 285 g/mol. The first-order valence-corrected chi connectivity index (χ1v) is 7.97. The summed E-state index contributed by atoms with van der Waals surface area (Å²) in [7, 11) is 0. The molecule has 0 amide bonds. The highest BCUT2D eigenvalue weighted by Gasteiger charge is 2.27. The van der Waals surface area contributed by atoms with Gasteiger partial charge in [0.25, 0.3) is 0 Å². The van der Waals surface area contributed by atoms with Gasteiger partial charge in [-0.05, 0) is 43.5 Å². The Morgan fingerprint density at radius 3 is 2.85 bits per heavy atom. The molecular weight excluding hydrogens is 266 g/mol. The van der Waals surface area contributed by atoms with E-state index in [1.807, 2.05) is 6.07 Å². The molecule has 0 N–H and O–H groups in total. The minimum atomic E-state index is 0.234. The number of thiophene rings is 1. The lowest BCUT2D eigenvalue weighted by Crippen LogP contribution is -2.34. The number of para-hydroxylation sites is 1. The van der Waals surface area contributed by atoms with Gasteiger partial charge in [0.05, 0.1) is 11.4 Å². The normalized spacial score (nSPS) is 17.3. The fourth-order valence-electron chi connectivity index (χ4n) is 2.82. The molecule has 104 valence electrons. The molecule has 1 aliphatic rings. The summed E-state index contributed by atoms with van der Waals surface area (Å²) in [6, 6.07) is 12.9. The predicted molar refractivity (Wildman–Crippen MR) is 85.0 cm³/mol. The third kappa shape index (κ3) is 2.38. The zero-order valence-electron chi connectivity index (χ0n) is 11.9. The predicted octanol–water partition coefficient (Wildman–Crippen LogP) is 3.94. The summed E-state index contributed by atoms with van der Waals surface area (Å²) in [5, 5.41) is 0. The summed E-state index contributed by atoms with van der Waals surface area (Å²) in [6.07, 6.45) is 2.04. The highest BCUT2D eigenvalue weighted by atomic mass is 32.1. The Labute approximate surface area is 124 Å². The second kappa shape index (κ2) is 5.41. The molecule has 2 aromatic rings. The number of aryl methyl sites for hydroxylation is 1. The van der Waals surface area contributed by atoms with E-state index >= 15 is 0 Å². The van der Waals surface area contributed by atoms with Crippen LogP contribution in [0.3, 0.4) is 0 Å². The molecule has 0 saturated carbocycles. The van der Waals surface area contributed by atoms with E-state index in [0.717, 1.165) is 17.7 Å². The van der Waals surface area contributed by atoms with Gasteiger partial charge in [0.15, 0.2) is 5.78 Å². The van der Waals surface area contributed by atoms with Crippen LogP contribution in [-0.4, -0.2) is 18.4 Å². The van der Waals surface area contributed by atoms with Gasteiger partial charge in [-0.25, -0.2) is 0 Å². The van der Waals surface area contributed by atoms with Crippen molar-refractivity contribution in [1.82, 2.24) is 0 Å². The van der Waals surface area contributed by atoms with Gasteiger partial charge in [0, 0.05) is 16.6 Å². The lowest BCUT2D eigenvalue weighted by molar-refractivity contribution is 0.100. The smallest absolute Gasteiger partial charge is 0.191 e. The largest absolute Gasteiger partial charge is 0.361 e. The summed E-state index contributed by atoms with van der Waals surface area (Å²) < 4.78 is 0. The molecule has 0 aliphatic carbocycles. The Morgan fingerprint density at radius 2 is 2.10 bits per heavy atom. The Morgan fingerprint density at radius 1 is 1.30 bits per heavy atom. The first-order chi connectivity index (χ1) is 9.69. The van der Waals surface area contributed by atoms with Crippen LogP contribution in [0.4, 0.5) is 5.69 Å². The number of hydrogen-bond donors (Lipinski definition) is 0. The highest BCUT2D eigenvalue weighted by Crippen LogP contribution is 2.32. The fourth-order valence-corrected chi connectivity index (χ4v) is 3.70. The van der Waals surface area contributed by atoms with E-state index in [4.69, 9.17) is 0 Å². The van der Waals surface area contributed by atoms with Crippen molar-refractivity contribution in [2.24, 2.45) is 0 Å². The maximum Gasteiger partial charge on any atom is 0.191 e. The first-order valence-electron chi connectivity index (χ1n) is 7.15. The number of carbonyl (C=O) groups is 1.